The topological polar surface area (TPSA) is 66.8 Å². The van der Waals surface area contributed by atoms with E-state index >= 15 is 0 Å². The number of allylic oxidation sites excluding steroid dienone is 1. The lowest BCUT2D eigenvalue weighted by Crippen LogP contribution is -2.44. The van der Waals surface area contributed by atoms with Crippen LogP contribution in [0.4, 0.5) is 0 Å². The molecule has 0 aromatic carbocycles. The number of aliphatic hydroxyl groups is 1. The molecule has 0 aliphatic carbocycles. The molecular formula is C13H26O4Si. The van der Waals surface area contributed by atoms with E-state index in [-0.39, 0.29) is 18.1 Å². The second kappa shape index (κ2) is 6.50. The highest BCUT2D eigenvalue weighted by molar-refractivity contribution is 6.74. The standard InChI is InChI=1S/C13H26O4Si/c1-7-8-10(12(15)16)11(14)9-17-18(5,6)13(2,3)4/h7,10-11,14H,1,8-9H2,2-6H3,(H,15,16)/t10-,11-/m0/s1. The summed E-state index contributed by atoms with van der Waals surface area (Å²) in [5.74, 6) is -1.85. The summed E-state index contributed by atoms with van der Waals surface area (Å²) in [5, 5.41) is 19.0. The molecule has 0 amide bonds. The maximum atomic E-state index is 11.0. The third-order valence-corrected chi connectivity index (χ3v) is 8.12. The van der Waals surface area contributed by atoms with Gasteiger partial charge in [0.2, 0.25) is 0 Å². The molecule has 0 radical (unpaired) electrons. The molecule has 0 aromatic rings. The van der Waals surface area contributed by atoms with Crippen LogP contribution in [0.2, 0.25) is 18.1 Å². The third-order valence-electron chi connectivity index (χ3n) is 3.62. The van der Waals surface area contributed by atoms with Crippen molar-refractivity contribution >= 4 is 14.3 Å². The van der Waals surface area contributed by atoms with Crippen LogP contribution < -0.4 is 0 Å². The summed E-state index contributed by atoms with van der Waals surface area (Å²) in [6.07, 6.45) is 0.765. The molecule has 0 fully saturated rings. The van der Waals surface area contributed by atoms with Crippen molar-refractivity contribution in [1.29, 1.82) is 0 Å². The zero-order valence-corrected chi connectivity index (χ0v) is 13.1. The van der Waals surface area contributed by atoms with Crippen molar-refractivity contribution in [3.05, 3.63) is 12.7 Å². The molecule has 0 saturated heterocycles. The van der Waals surface area contributed by atoms with Crippen LogP contribution in [0.15, 0.2) is 12.7 Å². The van der Waals surface area contributed by atoms with Crippen molar-refractivity contribution in [3.8, 4) is 0 Å². The van der Waals surface area contributed by atoms with Gasteiger partial charge in [0.15, 0.2) is 8.32 Å². The van der Waals surface area contributed by atoms with Crippen LogP contribution in [0.1, 0.15) is 27.2 Å². The van der Waals surface area contributed by atoms with Crippen LogP contribution in [0, 0.1) is 5.92 Å². The summed E-state index contributed by atoms with van der Waals surface area (Å²) in [4.78, 5) is 11.0. The Labute approximate surface area is 111 Å². The number of hydrogen-bond donors (Lipinski definition) is 2. The Morgan fingerprint density at radius 2 is 1.94 bits per heavy atom. The quantitative estimate of drug-likeness (QED) is 0.553. The molecule has 0 rings (SSSR count). The monoisotopic (exact) mass is 274 g/mol. The lowest BCUT2D eigenvalue weighted by Gasteiger charge is -2.37. The Hall–Kier alpha value is -0.653. The predicted molar refractivity (Wildman–Crippen MR) is 75.1 cm³/mol. The molecule has 0 bridgehead atoms. The van der Waals surface area contributed by atoms with Crippen LogP contribution in [-0.2, 0) is 9.22 Å². The van der Waals surface area contributed by atoms with Gasteiger partial charge in [-0.3, -0.25) is 4.79 Å². The Morgan fingerprint density at radius 1 is 1.44 bits per heavy atom. The first-order chi connectivity index (χ1) is 8.03. The van der Waals surface area contributed by atoms with Gasteiger partial charge >= 0.3 is 5.97 Å². The molecule has 0 spiro atoms. The number of carboxylic acids is 1. The smallest absolute Gasteiger partial charge is 0.309 e. The number of rotatable bonds is 7. The van der Waals surface area contributed by atoms with E-state index < -0.39 is 26.3 Å². The minimum atomic E-state index is -1.95. The van der Waals surface area contributed by atoms with E-state index in [2.05, 4.69) is 40.4 Å². The van der Waals surface area contributed by atoms with Gasteiger partial charge in [-0.2, -0.15) is 0 Å². The number of aliphatic hydroxyl groups excluding tert-OH is 1. The summed E-state index contributed by atoms with van der Waals surface area (Å²) in [5.41, 5.74) is 0. The second-order valence-corrected chi connectivity index (χ2v) is 10.9. The zero-order valence-electron chi connectivity index (χ0n) is 12.1. The van der Waals surface area contributed by atoms with E-state index in [0.29, 0.717) is 0 Å². The van der Waals surface area contributed by atoms with Gasteiger partial charge in [0.25, 0.3) is 0 Å². The molecule has 5 heteroatoms. The van der Waals surface area contributed by atoms with Gasteiger partial charge < -0.3 is 14.6 Å². The molecule has 0 heterocycles. The fourth-order valence-corrected chi connectivity index (χ4v) is 2.25. The Morgan fingerprint density at radius 3 is 2.28 bits per heavy atom. The molecule has 2 N–H and O–H groups in total. The lowest BCUT2D eigenvalue weighted by atomic mass is 9.99. The van der Waals surface area contributed by atoms with E-state index in [9.17, 15) is 9.90 Å². The second-order valence-electron chi connectivity index (χ2n) is 6.11. The fourth-order valence-electron chi connectivity index (χ4n) is 1.23. The summed E-state index contributed by atoms with van der Waals surface area (Å²) < 4.78 is 5.82. The number of carbonyl (C=O) groups is 1. The Bertz CT molecular complexity index is 294. The van der Waals surface area contributed by atoms with Crippen molar-refractivity contribution in [2.75, 3.05) is 6.61 Å². The van der Waals surface area contributed by atoms with Gasteiger partial charge in [0.05, 0.1) is 18.6 Å². The Kier molecular flexibility index (Phi) is 6.26. The van der Waals surface area contributed by atoms with Gasteiger partial charge in [-0.15, -0.1) is 6.58 Å². The number of hydrogen-bond acceptors (Lipinski definition) is 3. The number of aliphatic carboxylic acids is 1. The van der Waals surface area contributed by atoms with Gasteiger partial charge in [-0.05, 0) is 24.6 Å². The highest BCUT2D eigenvalue weighted by atomic mass is 28.4. The third kappa shape index (κ3) is 4.92. The van der Waals surface area contributed by atoms with Gasteiger partial charge in [0, 0.05) is 0 Å². The minimum Gasteiger partial charge on any atom is -0.481 e. The maximum absolute atomic E-state index is 11.0. The van der Waals surface area contributed by atoms with Crippen LogP contribution in [-0.4, -0.2) is 37.2 Å². The first kappa shape index (κ1) is 17.3. The molecule has 0 unspecified atom stereocenters. The lowest BCUT2D eigenvalue weighted by molar-refractivity contribution is -0.146. The predicted octanol–water partition coefficient (Wildman–Crippen LogP) is 2.65. The van der Waals surface area contributed by atoms with E-state index in [1.165, 1.54) is 6.08 Å². The molecule has 2 atom stereocenters. The first-order valence-electron chi connectivity index (χ1n) is 6.18. The average Bonchev–Trinajstić information content (AvgIpc) is 2.20. The molecule has 4 nitrogen and oxygen atoms in total. The van der Waals surface area contributed by atoms with Gasteiger partial charge in [-0.1, -0.05) is 26.8 Å². The van der Waals surface area contributed by atoms with Gasteiger partial charge in [-0.25, -0.2) is 0 Å². The molecule has 18 heavy (non-hydrogen) atoms. The molecule has 0 aliphatic rings. The zero-order chi connectivity index (χ0) is 14.6. The molecule has 106 valence electrons. The molecule has 0 aliphatic heterocycles. The summed E-state index contributed by atoms with van der Waals surface area (Å²) in [6, 6.07) is 0. The summed E-state index contributed by atoms with van der Waals surface area (Å²) in [7, 11) is -1.95. The van der Waals surface area contributed by atoms with Crippen molar-refractivity contribution in [2.45, 2.75) is 51.4 Å². The van der Waals surface area contributed by atoms with E-state index in [0.717, 1.165) is 0 Å². The van der Waals surface area contributed by atoms with E-state index in [1.807, 2.05) is 0 Å². The summed E-state index contributed by atoms with van der Waals surface area (Å²) in [6.45, 7) is 14.0. The highest BCUT2D eigenvalue weighted by Crippen LogP contribution is 2.36. The highest BCUT2D eigenvalue weighted by Gasteiger charge is 2.38. The van der Waals surface area contributed by atoms with Crippen molar-refractivity contribution in [1.82, 2.24) is 0 Å². The first-order valence-corrected chi connectivity index (χ1v) is 9.09. The van der Waals surface area contributed by atoms with Gasteiger partial charge in [0.1, 0.15) is 0 Å². The fraction of sp³-hybridized carbons (Fsp3) is 0.769. The van der Waals surface area contributed by atoms with Crippen LogP contribution in [0.25, 0.3) is 0 Å². The van der Waals surface area contributed by atoms with Crippen molar-refractivity contribution in [2.24, 2.45) is 5.92 Å². The largest absolute Gasteiger partial charge is 0.481 e. The molecule has 0 aromatic heterocycles. The van der Waals surface area contributed by atoms with E-state index in [1.54, 1.807) is 0 Å². The maximum Gasteiger partial charge on any atom is 0.309 e. The van der Waals surface area contributed by atoms with Crippen LogP contribution in [0.5, 0.6) is 0 Å². The van der Waals surface area contributed by atoms with Crippen molar-refractivity contribution in [3.63, 3.8) is 0 Å². The van der Waals surface area contributed by atoms with E-state index in [4.69, 9.17) is 9.53 Å². The normalized spacial score (nSPS) is 16.1. The van der Waals surface area contributed by atoms with Crippen molar-refractivity contribution < 1.29 is 19.4 Å². The minimum absolute atomic E-state index is 0.0455. The number of carboxylic acid groups (broad SMARTS) is 1. The Balaban J connectivity index is 4.53. The van der Waals surface area contributed by atoms with Crippen LogP contribution >= 0.6 is 0 Å². The SMILES string of the molecule is C=CC[C@H](C(=O)O)[C@@H](O)CO[Si](C)(C)C(C)(C)C. The molecule has 0 saturated carbocycles. The average molecular weight is 274 g/mol. The molecular weight excluding hydrogens is 248 g/mol. The summed E-state index contributed by atoms with van der Waals surface area (Å²) >= 11 is 0. The van der Waals surface area contributed by atoms with Crippen LogP contribution in [0.3, 0.4) is 0 Å².